The number of primary sulfonamides is 1. The Morgan fingerprint density at radius 1 is 1.24 bits per heavy atom. The van der Waals surface area contributed by atoms with Crippen molar-refractivity contribution >= 4 is 22.0 Å². The van der Waals surface area contributed by atoms with E-state index in [1.54, 1.807) is 30.3 Å². The van der Waals surface area contributed by atoms with Crippen molar-refractivity contribution in [3.63, 3.8) is 0 Å². The van der Waals surface area contributed by atoms with Gasteiger partial charge in [-0.25, -0.2) is 23.1 Å². The Morgan fingerprint density at radius 3 is 2.38 bits per heavy atom. The van der Waals surface area contributed by atoms with Gasteiger partial charge < -0.3 is 15.7 Å². The number of carbonyl (C=O) groups is 2. The molecule has 21 heavy (non-hydrogen) atoms. The number of carboxylic acid groups (broad SMARTS) is 1. The highest BCUT2D eigenvalue weighted by Gasteiger charge is 2.21. The molecule has 9 heteroatoms. The molecule has 0 spiro atoms. The van der Waals surface area contributed by atoms with Crippen molar-refractivity contribution in [3.05, 3.63) is 35.9 Å². The minimum atomic E-state index is -3.57. The van der Waals surface area contributed by atoms with Crippen LogP contribution >= 0.6 is 0 Å². The van der Waals surface area contributed by atoms with Crippen molar-refractivity contribution in [1.29, 1.82) is 0 Å². The highest BCUT2D eigenvalue weighted by Crippen LogP contribution is 2.12. The third-order valence-electron chi connectivity index (χ3n) is 2.55. The van der Waals surface area contributed by atoms with Gasteiger partial charge in [-0.15, -0.1) is 0 Å². The number of rotatable bonds is 7. The normalized spacial score (nSPS) is 12.4. The average molecular weight is 315 g/mol. The van der Waals surface area contributed by atoms with Gasteiger partial charge in [0.2, 0.25) is 10.0 Å². The lowest BCUT2D eigenvalue weighted by atomic mass is 10.1. The molecule has 0 bridgehead atoms. The molecular formula is C12H17N3O5S. The Balaban J connectivity index is 2.49. The van der Waals surface area contributed by atoms with E-state index >= 15 is 0 Å². The van der Waals surface area contributed by atoms with E-state index in [9.17, 15) is 18.0 Å². The Bertz CT molecular complexity index is 588. The minimum Gasteiger partial charge on any atom is -0.479 e. The first-order valence-corrected chi connectivity index (χ1v) is 7.84. The summed E-state index contributed by atoms with van der Waals surface area (Å²) in [6.07, 6.45) is 0.148. The highest BCUT2D eigenvalue weighted by atomic mass is 32.2. The Morgan fingerprint density at radius 2 is 1.86 bits per heavy atom. The van der Waals surface area contributed by atoms with Gasteiger partial charge in [-0.3, -0.25) is 0 Å². The van der Waals surface area contributed by atoms with Crippen LogP contribution in [0.2, 0.25) is 0 Å². The van der Waals surface area contributed by atoms with E-state index in [1.165, 1.54) is 0 Å². The third-order valence-corrected chi connectivity index (χ3v) is 3.40. The van der Waals surface area contributed by atoms with Gasteiger partial charge in [0, 0.05) is 6.54 Å². The fourth-order valence-electron chi connectivity index (χ4n) is 1.59. The SMILES string of the molecule is NS(=O)(=O)CCCNC(=O)NC(C(=O)O)c1ccccc1. The van der Waals surface area contributed by atoms with E-state index in [0.29, 0.717) is 5.56 Å². The first-order chi connectivity index (χ1) is 9.79. The number of hydrogen-bond acceptors (Lipinski definition) is 4. The van der Waals surface area contributed by atoms with Crippen molar-refractivity contribution in [2.45, 2.75) is 12.5 Å². The quantitative estimate of drug-likeness (QED) is 0.516. The molecule has 1 atom stereocenters. The molecule has 0 aliphatic rings. The smallest absolute Gasteiger partial charge is 0.330 e. The number of amides is 2. The standard InChI is InChI=1S/C12H17N3O5S/c13-21(19,20)8-4-7-14-12(18)15-10(11(16)17)9-5-2-1-3-6-9/h1-3,5-6,10H,4,7-8H2,(H,16,17)(H2,13,19,20)(H2,14,15,18). The van der Waals surface area contributed by atoms with Gasteiger partial charge in [0.1, 0.15) is 0 Å². The number of nitrogens with two attached hydrogens (primary N) is 1. The topological polar surface area (TPSA) is 139 Å². The van der Waals surface area contributed by atoms with Crippen LogP contribution in [0.1, 0.15) is 18.0 Å². The van der Waals surface area contributed by atoms with Crippen LogP contribution in [-0.2, 0) is 14.8 Å². The second kappa shape index (κ2) is 7.60. The number of aliphatic carboxylic acids is 1. The molecule has 0 saturated heterocycles. The first kappa shape index (κ1) is 16.9. The van der Waals surface area contributed by atoms with E-state index in [4.69, 9.17) is 10.2 Å². The van der Waals surface area contributed by atoms with Gasteiger partial charge in [0.25, 0.3) is 0 Å². The molecule has 8 nitrogen and oxygen atoms in total. The molecule has 1 aromatic carbocycles. The maximum Gasteiger partial charge on any atom is 0.330 e. The molecule has 0 fully saturated rings. The average Bonchev–Trinajstić information content (AvgIpc) is 2.40. The van der Waals surface area contributed by atoms with E-state index < -0.39 is 28.1 Å². The van der Waals surface area contributed by atoms with Gasteiger partial charge >= 0.3 is 12.0 Å². The Kier molecular flexibility index (Phi) is 6.12. The maximum absolute atomic E-state index is 11.6. The largest absolute Gasteiger partial charge is 0.479 e. The summed E-state index contributed by atoms with van der Waals surface area (Å²) in [5.74, 6) is -1.45. The summed E-state index contributed by atoms with van der Waals surface area (Å²) < 4.78 is 21.4. The molecule has 5 N–H and O–H groups in total. The van der Waals surface area contributed by atoms with Gasteiger partial charge in [0.15, 0.2) is 6.04 Å². The van der Waals surface area contributed by atoms with Crippen LogP contribution in [0.25, 0.3) is 0 Å². The number of sulfonamides is 1. The van der Waals surface area contributed by atoms with Gasteiger partial charge in [-0.2, -0.15) is 0 Å². The van der Waals surface area contributed by atoms with Crippen LogP contribution in [0.5, 0.6) is 0 Å². The summed E-state index contributed by atoms with van der Waals surface area (Å²) in [5, 5.41) is 18.6. The summed E-state index contributed by atoms with van der Waals surface area (Å²) in [4.78, 5) is 22.7. The summed E-state index contributed by atoms with van der Waals surface area (Å²) >= 11 is 0. The molecule has 1 unspecified atom stereocenters. The van der Waals surface area contributed by atoms with Crippen LogP contribution in [0.4, 0.5) is 4.79 Å². The lowest BCUT2D eigenvalue weighted by Crippen LogP contribution is -2.41. The molecule has 0 radical (unpaired) electrons. The summed E-state index contributed by atoms with van der Waals surface area (Å²) in [7, 11) is -3.57. The fourth-order valence-corrected chi connectivity index (χ4v) is 2.14. The zero-order chi connectivity index (χ0) is 15.9. The van der Waals surface area contributed by atoms with Crippen LogP contribution < -0.4 is 15.8 Å². The second-order valence-electron chi connectivity index (χ2n) is 4.30. The molecule has 0 aliphatic carbocycles. The van der Waals surface area contributed by atoms with Gasteiger partial charge in [-0.1, -0.05) is 30.3 Å². The van der Waals surface area contributed by atoms with Crippen molar-refractivity contribution in [2.24, 2.45) is 5.14 Å². The number of carboxylic acids is 1. The fraction of sp³-hybridized carbons (Fsp3) is 0.333. The Hall–Kier alpha value is -2.13. The van der Waals surface area contributed by atoms with Crippen LogP contribution in [0.3, 0.4) is 0 Å². The van der Waals surface area contributed by atoms with E-state index in [-0.39, 0.29) is 18.7 Å². The van der Waals surface area contributed by atoms with Crippen LogP contribution in [0.15, 0.2) is 30.3 Å². The molecule has 1 rings (SSSR count). The molecule has 2 amide bonds. The zero-order valence-electron chi connectivity index (χ0n) is 11.2. The molecule has 0 aliphatic heterocycles. The lowest BCUT2D eigenvalue weighted by molar-refractivity contribution is -0.139. The monoisotopic (exact) mass is 315 g/mol. The molecule has 0 aromatic heterocycles. The third kappa shape index (κ3) is 6.72. The number of benzene rings is 1. The van der Waals surface area contributed by atoms with Gasteiger partial charge in [0.05, 0.1) is 5.75 Å². The van der Waals surface area contributed by atoms with Crippen LogP contribution in [-0.4, -0.2) is 37.8 Å². The van der Waals surface area contributed by atoms with E-state index in [1.807, 2.05) is 0 Å². The zero-order valence-corrected chi connectivity index (χ0v) is 12.0. The predicted octanol–water partition coefficient (Wildman–Crippen LogP) is -0.210. The highest BCUT2D eigenvalue weighted by molar-refractivity contribution is 7.89. The molecular weight excluding hydrogens is 298 g/mol. The molecule has 0 saturated carbocycles. The van der Waals surface area contributed by atoms with Crippen molar-refractivity contribution in [1.82, 2.24) is 10.6 Å². The van der Waals surface area contributed by atoms with Crippen LogP contribution in [0, 0.1) is 0 Å². The van der Waals surface area contributed by atoms with Gasteiger partial charge in [-0.05, 0) is 12.0 Å². The van der Waals surface area contributed by atoms with Crippen molar-refractivity contribution in [2.75, 3.05) is 12.3 Å². The summed E-state index contributed by atoms with van der Waals surface area (Å²) in [6.45, 7) is 0.0728. The number of hydrogen-bond donors (Lipinski definition) is 4. The first-order valence-electron chi connectivity index (χ1n) is 6.12. The van der Waals surface area contributed by atoms with Crippen molar-refractivity contribution < 1.29 is 23.1 Å². The predicted molar refractivity (Wildman–Crippen MR) is 75.9 cm³/mol. The summed E-state index contributed by atoms with van der Waals surface area (Å²) in [5.41, 5.74) is 0.435. The lowest BCUT2D eigenvalue weighted by Gasteiger charge is -2.15. The molecule has 0 heterocycles. The summed E-state index contributed by atoms with van der Waals surface area (Å²) in [6, 6.07) is 6.36. The van der Waals surface area contributed by atoms with Crippen molar-refractivity contribution in [3.8, 4) is 0 Å². The number of carbonyl (C=O) groups excluding carboxylic acids is 1. The molecule has 1 aromatic rings. The number of urea groups is 1. The Labute approximate surface area is 122 Å². The number of nitrogens with one attached hydrogen (secondary N) is 2. The molecule has 116 valence electrons. The van der Waals surface area contributed by atoms with E-state index in [0.717, 1.165) is 0 Å². The maximum atomic E-state index is 11.6. The second-order valence-corrected chi connectivity index (χ2v) is 6.04. The van der Waals surface area contributed by atoms with E-state index in [2.05, 4.69) is 10.6 Å². The minimum absolute atomic E-state index is 0.0728.